The van der Waals surface area contributed by atoms with Crippen molar-refractivity contribution >= 4 is 12.0 Å². The van der Waals surface area contributed by atoms with Crippen LogP contribution in [0.25, 0.3) is 6.08 Å². The average molecular weight is 291 g/mol. The molecule has 0 saturated carbocycles. The van der Waals surface area contributed by atoms with Crippen LogP contribution >= 0.6 is 0 Å². The molecule has 1 aliphatic rings. The molecule has 1 heterocycles. The van der Waals surface area contributed by atoms with E-state index in [0.717, 1.165) is 43.3 Å². The highest BCUT2D eigenvalue weighted by molar-refractivity contribution is 5.85. The fourth-order valence-corrected chi connectivity index (χ4v) is 2.40. The van der Waals surface area contributed by atoms with Crippen molar-refractivity contribution in [3.8, 4) is 5.75 Å². The molecule has 0 radical (unpaired) electrons. The minimum atomic E-state index is -0.968. The molecule has 1 unspecified atom stereocenters. The van der Waals surface area contributed by atoms with Gasteiger partial charge in [-0.3, -0.25) is 4.90 Å². The van der Waals surface area contributed by atoms with E-state index in [0.29, 0.717) is 13.2 Å². The van der Waals surface area contributed by atoms with Crippen molar-refractivity contribution in [2.45, 2.75) is 18.9 Å². The first-order chi connectivity index (χ1) is 10.1. The smallest absolute Gasteiger partial charge is 0.328 e. The summed E-state index contributed by atoms with van der Waals surface area (Å²) in [5, 5.41) is 18.2. The average Bonchev–Trinajstić information content (AvgIpc) is 2.46. The summed E-state index contributed by atoms with van der Waals surface area (Å²) in [6.07, 6.45) is 4.33. The number of aliphatic carboxylic acids is 1. The first-order valence-corrected chi connectivity index (χ1v) is 7.18. The summed E-state index contributed by atoms with van der Waals surface area (Å²) in [6, 6.07) is 7.32. The fraction of sp³-hybridized carbons (Fsp3) is 0.438. The van der Waals surface area contributed by atoms with E-state index in [-0.39, 0.29) is 6.10 Å². The van der Waals surface area contributed by atoms with E-state index in [1.54, 1.807) is 0 Å². The first kappa shape index (κ1) is 15.5. The summed E-state index contributed by atoms with van der Waals surface area (Å²) in [4.78, 5) is 12.7. The van der Waals surface area contributed by atoms with Crippen molar-refractivity contribution in [1.82, 2.24) is 4.90 Å². The number of hydrogen-bond donors (Lipinski definition) is 2. The van der Waals surface area contributed by atoms with Gasteiger partial charge in [-0.15, -0.1) is 0 Å². The zero-order chi connectivity index (χ0) is 15.1. The molecule has 5 heteroatoms. The third-order valence-electron chi connectivity index (χ3n) is 3.43. The molecule has 2 N–H and O–H groups in total. The second-order valence-electron chi connectivity index (χ2n) is 5.19. The maximum Gasteiger partial charge on any atom is 0.328 e. The van der Waals surface area contributed by atoms with Crippen LogP contribution in [0, 0.1) is 0 Å². The lowest BCUT2D eigenvalue weighted by atomic mass is 10.1. The van der Waals surface area contributed by atoms with Gasteiger partial charge >= 0.3 is 5.97 Å². The Hall–Kier alpha value is -1.85. The molecule has 0 bridgehead atoms. The van der Waals surface area contributed by atoms with Gasteiger partial charge in [-0.05, 0) is 43.2 Å². The van der Waals surface area contributed by atoms with E-state index >= 15 is 0 Å². The number of benzene rings is 1. The summed E-state index contributed by atoms with van der Waals surface area (Å²) in [6.45, 7) is 3.05. The van der Waals surface area contributed by atoms with E-state index < -0.39 is 5.97 Å². The van der Waals surface area contributed by atoms with Gasteiger partial charge in [0.05, 0.1) is 6.10 Å². The Morgan fingerprint density at radius 2 is 2.33 bits per heavy atom. The predicted molar refractivity (Wildman–Crippen MR) is 80.3 cm³/mol. The number of β-amino-alcohol motifs (C(OH)–C–C–N with tert-alkyl or cyclic N) is 1. The Bertz CT molecular complexity index is 501. The van der Waals surface area contributed by atoms with Crippen LogP contribution < -0.4 is 4.74 Å². The summed E-state index contributed by atoms with van der Waals surface area (Å²) in [7, 11) is 0. The number of piperidine rings is 1. The van der Waals surface area contributed by atoms with Crippen LogP contribution in [0.1, 0.15) is 18.4 Å². The van der Waals surface area contributed by atoms with Crippen molar-refractivity contribution in [3.05, 3.63) is 35.9 Å². The molecule has 1 fully saturated rings. The molecular weight excluding hydrogens is 270 g/mol. The molecule has 1 atom stereocenters. The van der Waals surface area contributed by atoms with Crippen molar-refractivity contribution in [1.29, 1.82) is 0 Å². The van der Waals surface area contributed by atoms with Gasteiger partial charge in [0.15, 0.2) is 0 Å². The zero-order valence-corrected chi connectivity index (χ0v) is 11.9. The second-order valence-corrected chi connectivity index (χ2v) is 5.19. The topological polar surface area (TPSA) is 70.0 Å². The Balaban J connectivity index is 1.80. The van der Waals surface area contributed by atoms with E-state index in [2.05, 4.69) is 4.90 Å². The molecule has 5 nitrogen and oxygen atoms in total. The van der Waals surface area contributed by atoms with Crippen molar-refractivity contribution in [3.63, 3.8) is 0 Å². The molecular formula is C16H21NO4. The van der Waals surface area contributed by atoms with Crippen molar-refractivity contribution < 1.29 is 19.7 Å². The monoisotopic (exact) mass is 291 g/mol. The largest absolute Gasteiger partial charge is 0.492 e. The summed E-state index contributed by atoms with van der Waals surface area (Å²) in [5.41, 5.74) is 0.795. The number of nitrogens with zero attached hydrogens (tertiary/aromatic N) is 1. The highest BCUT2D eigenvalue weighted by atomic mass is 16.5. The van der Waals surface area contributed by atoms with Crippen LogP contribution in [0.15, 0.2) is 30.3 Å². The fourth-order valence-electron chi connectivity index (χ4n) is 2.40. The van der Waals surface area contributed by atoms with Crippen molar-refractivity contribution in [2.75, 3.05) is 26.2 Å². The number of carboxylic acid groups (broad SMARTS) is 1. The number of carboxylic acids is 1. The molecule has 2 rings (SSSR count). The Labute approximate surface area is 124 Å². The van der Waals surface area contributed by atoms with Gasteiger partial charge in [0.25, 0.3) is 0 Å². The molecule has 1 aromatic rings. The van der Waals surface area contributed by atoms with Gasteiger partial charge in [-0.1, -0.05) is 12.1 Å². The Kier molecular flexibility index (Phi) is 5.78. The highest BCUT2D eigenvalue weighted by Gasteiger charge is 2.16. The summed E-state index contributed by atoms with van der Waals surface area (Å²) in [5.74, 6) is -0.245. The predicted octanol–water partition coefficient (Wildman–Crippen LogP) is 1.62. The zero-order valence-electron chi connectivity index (χ0n) is 11.9. The molecule has 1 saturated heterocycles. The second kappa shape index (κ2) is 7.81. The number of ether oxygens (including phenoxy) is 1. The van der Waals surface area contributed by atoms with E-state index in [4.69, 9.17) is 9.84 Å². The molecule has 114 valence electrons. The van der Waals surface area contributed by atoms with Crippen LogP contribution in [-0.4, -0.2) is 53.4 Å². The van der Waals surface area contributed by atoms with Crippen LogP contribution in [0.4, 0.5) is 0 Å². The SMILES string of the molecule is O=C(O)C=Cc1cccc(OCCN2CCCC(O)C2)c1. The van der Waals surface area contributed by atoms with E-state index in [1.165, 1.54) is 6.08 Å². The first-order valence-electron chi connectivity index (χ1n) is 7.18. The summed E-state index contributed by atoms with van der Waals surface area (Å²) < 4.78 is 5.69. The molecule has 1 aromatic carbocycles. The van der Waals surface area contributed by atoms with Gasteiger partial charge in [0.1, 0.15) is 12.4 Å². The third kappa shape index (κ3) is 5.57. The quantitative estimate of drug-likeness (QED) is 0.779. The van der Waals surface area contributed by atoms with Gasteiger partial charge in [0, 0.05) is 19.2 Å². The number of rotatable bonds is 6. The standard InChI is InChI=1S/C16H21NO4/c18-14-4-2-8-17(12-14)9-10-21-15-5-1-3-13(11-15)6-7-16(19)20/h1,3,5-7,11,14,18H,2,4,8-10,12H2,(H,19,20). The molecule has 0 aliphatic carbocycles. The van der Waals surface area contributed by atoms with Gasteiger partial charge < -0.3 is 14.9 Å². The molecule has 0 aromatic heterocycles. The minimum absolute atomic E-state index is 0.219. The van der Waals surface area contributed by atoms with Gasteiger partial charge in [-0.25, -0.2) is 4.79 Å². The van der Waals surface area contributed by atoms with Crippen LogP contribution in [0.5, 0.6) is 5.75 Å². The maximum atomic E-state index is 10.5. The molecule has 21 heavy (non-hydrogen) atoms. The van der Waals surface area contributed by atoms with Gasteiger partial charge in [-0.2, -0.15) is 0 Å². The summed E-state index contributed by atoms with van der Waals surface area (Å²) >= 11 is 0. The highest BCUT2D eigenvalue weighted by Crippen LogP contribution is 2.15. The third-order valence-corrected chi connectivity index (χ3v) is 3.43. The number of likely N-dealkylation sites (tertiary alicyclic amines) is 1. The number of carbonyl (C=O) groups is 1. The Morgan fingerprint density at radius 1 is 1.48 bits per heavy atom. The van der Waals surface area contributed by atoms with E-state index in [1.807, 2.05) is 24.3 Å². The molecule has 1 aliphatic heterocycles. The Morgan fingerprint density at radius 3 is 3.10 bits per heavy atom. The van der Waals surface area contributed by atoms with Crippen LogP contribution in [0.2, 0.25) is 0 Å². The lowest BCUT2D eigenvalue weighted by Gasteiger charge is -2.29. The number of hydrogen-bond acceptors (Lipinski definition) is 4. The molecule has 0 amide bonds. The van der Waals surface area contributed by atoms with Crippen molar-refractivity contribution in [2.24, 2.45) is 0 Å². The van der Waals surface area contributed by atoms with Crippen LogP contribution in [-0.2, 0) is 4.79 Å². The lowest BCUT2D eigenvalue weighted by molar-refractivity contribution is -0.131. The number of aliphatic hydroxyl groups is 1. The normalized spacial score (nSPS) is 19.8. The minimum Gasteiger partial charge on any atom is -0.492 e. The lowest BCUT2D eigenvalue weighted by Crippen LogP contribution is -2.40. The molecule has 0 spiro atoms. The maximum absolute atomic E-state index is 10.5. The number of aliphatic hydroxyl groups excluding tert-OH is 1. The van der Waals surface area contributed by atoms with Crippen LogP contribution in [0.3, 0.4) is 0 Å². The van der Waals surface area contributed by atoms with E-state index in [9.17, 15) is 9.90 Å². The van der Waals surface area contributed by atoms with Gasteiger partial charge in [0.2, 0.25) is 0 Å².